The summed E-state index contributed by atoms with van der Waals surface area (Å²) in [5.41, 5.74) is 1.55. The van der Waals surface area contributed by atoms with Gasteiger partial charge in [0.2, 0.25) is 0 Å². The number of hydrogen-bond donors (Lipinski definition) is 1. The summed E-state index contributed by atoms with van der Waals surface area (Å²) in [5, 5.41) is 12.8. The predicted molar refractivity (Wildman–Crippen MR) is 75.8 cm³/mol. The zero-order valence-electron chi connectivity index (χ0n) is 10.6. The zero-order chi connectivity index (χ0) is 12.8. The molecule has 1 saturated carbocycles. The van der Waals surface area contributed by atoms with Crippen LogP contribution in [0.5, 0.6) is 0 Å². The molecule has 1 N–H and O–H groups in total. The fourth-order valence-electron chi connectivity index (χ4n) is 2.61. The number of nitriles is 1. The van der Waals surface area contributed by atoms with Crippen molar-refractivity contribution >= 4 is 17.3 Å². The van der Waals surface area contributed by atoms with Crippen molar-refractivity contribution in [3.63, 3.8) is 0 Å². The molecule has 1 aromatic carbocycles. The summed E-state index contributed by atoms with van der Waals surface area (Å²) in [6.07, 6.45) is 8.16. The van der Waals surface area contributed by atoms with E-state index in [1.54, 1.807) is 12.1 Å². The van der Waals surface area contributed by atoms with E-state index >= 15 is 0 Å². The third-order valence-corrected chi connectivity index (χ3v) is 4.00. The van der Waals surface area contributed by atoms with Crippen molar-refractivity contribution in [2.24, 2.45) is 5.92 Å². The lowest BCUT2D eigenvalue weighted by Crippen LogP contribution is -2.12. The smallest absolute Gasteiger partial charge is 0.0992 e. The van der Waals surface area contributed by atoms with E-state index < -0.39 is 0 Å². The number of benzene rings is 1. The second-order valence-electron chi connectivity index (χ2n) is 5.03. The SMILES string of the molecule is N#Cc1ccc(NCCC2CCCCC2)c(Cl)c1. The van der Waals surface area contributed by atoms with E-state index in [1.807, 2.05) is 6.07 Å². The summed E-state index contributed by atoms with van der Waals surface area (Å²) in [4.78, 5) is 0. The lowest BCUT2D eigenvalue weighted by molar-refractivity contribution is 0.345. The van der Waals surface area contributed by atoms with E-state index in [4.69, 9.17) is 16.9 Å². The van der Waals surface area contributed by atoms with Gasteiger partial charge in [0.1, 0.15) is 0 Å². The normalized spacial score (nSPS) is 16.2. The van der Waals surface area contributed by atoms with Gasteiger partial charge in [0.15, 0.2) is 0 Å². The summed E-state index contributed by atoms with van der Waals surface area (Å²) in [7, 11) is 0. The Bertz CT molecular complexity index is 431. The fourth-order valence-corrected chi connectivity index (χ4v) is 2.86. The number of rotatable bonds is 4. The third-order valence-electron chi connectivity index (χ3n) is 3.69. The molecule has 0 amide bonds. The first-order chi connectivity index (χ1) is 8.79. The van der Waals surface area contributed by atoms with Crippen molar-refractivity contribution in [3.05, 3.63) is 28.8 Å². The van der Waals surface area contributed by atoms with Crippen molar-refractivity contribution in [3.8, 4) is 6.07 Å². The number of anilines is 1. The molecular formula is C15H19ClN2. The van der Waals surface area contributed by atoms with Crippen LogP contribution in [0.3, 0.4) is 0 Å². The molecule has 3 heteroatoms. The van der Waals surface area contributed by atoms with E-state index in [1.165, 1.54) is 38.5 Å². The number of hydrogen-bond acceptors (Lipinski definition) is 2. The van der Waals surface area contributed by atoms with Gasteiger partial charge in [0.05, 0.1) is 22.3 Å². The van der Waals surface area contributed by atoms with Crippen LogP contribution in [0.4, 0.5) is 5.69 Å². The highest BCUT2D eigenvalue weighted by atomic mass is 35.5. The summed E-state index contributed by atoms with van der Waals surface area (Å²) >= 11 is 6.12. The van der Waals surface area contributed by atoms with Gasteiger partial charge in [-0.15, -0.1) is 0 Å². The van der Waals surface area contributed by atoms with Gasteiger partial charge in [0.25, 0.3) is 0 Å². The molecule has 1 aliphatic rings. The standard InChI is InChI=1S/C15H19ClN2/c16-14-10-13(11-17)6-7-15(14)18-9-8-12-4-2-1-3-5-12/h6-7,10,12,18H,1-5,8-9H2. The Morgan fingerprint density at radius 1 is 1.28 bits per heavy atom. The summed E-state index contributed by atoms with van der Waals surface area (Å²) in [6.45, 7) is 0.969. The molecule has 96 valence electrons. The molecule has 0 spiro atoms. The minimum absolute atomic E-state index is 0.609. The predicted octanol–water partition coefficient (Wildman–Crippen LogP) is 4.59. The Hall–Kier alpha value is -1.20. The maximum Gasteiger partial charge on any atom is 0.0992 e. The first kappa shape index (κ1) is 13.2. The molecule has 2 nitrogen and oxygen atoms in total. The minimum Gasteiger partial charge on any atom is -0.384 e. The van der Waals surface area contributed by atoms with Crippen LogP contribution in [0, 0.1) is 17.2 Å². The van der Waals surface area contributed by atoms with Crippen LogP contribution in [-0.2, 0) is 0 Å². The summed E-state index contributed by atoms with van der Waals surface area (Å²) in [5.74, 6) is 0.878. The van der Waals surface area contributed by atoms with Gasteiger partial charge in [-0.2, -0.15) is 5.26 Å². The Labute approximate surface area is 114 Å². The Morgan fingerprint density at radius 2 is 2.06 bits per heavy atom. The lowest BCUT2D eigenvalue weighted by atomic mass is 9.87. The highest BCUT2D eigenvalue weighted by Crippen LogP contribution is 2.27. The van der Waals surface area contributed by atoms with E-state index in [9.17, 15) is 0 Å². The van der Waals surface area contributed by atoms with Crippen LogP contribution in [-0.4, -0.2) is 6.54 Å². The van der Waals surface area contributed by atoms with Crippen molar-refractivity contribution in [2.75, 3.05) is 11.9 Å². The summed E-state index contributed by atoms with van der Waals surface area (Å²) in [6, 6.07) is 7.49. The van der Waals surface area contributed by atoms with Gasteiger partial charge in [-0.1, -0.05) is 43.7 Å². The van der Waals surface area contributed by atoms with Gasteiger partial charge < -0.3 is 5.32 Å². The maximum absolute atomic E-state index is 8.77. The average Bonchev–Trinajstić information content (AvgIpc) is 2.42. The highest BCUT2D eigenvalue weighted by Gasteiger charge is 2.12. The van der Waals surface area contributed by atoms with Crippen LogP contribution in [0.1, 0.15) is 44.1 Å². The van der Waals surface area contributed by atoms with E-state index in [0.717, 1.165) is 18.2 Å². The molecule has 0 aliphatic heterocycles. The van der Waals surface area contributed by atoms with E-state index in [-0.39, 0.29) is 0 Å². The van der Waals surface area contributed by atoms with Gasteiger partial charge in [-0.3, -0.25) is 0 Å². The van der Waals surface area contributed by atoms with Gasteiger partial charge in [-0.05, 0) is 30.5 Å². The monoisotopic (exact) mass is 262 g/mol. The lowest BCUT2D eigenvalue weighted by Gasteiger charge is -2.21. The third kappa shape index (κ3) is 3.65. The number of halogens is 1. The molecular weight excluding hydrogens is 244 g/mol. The van der Waals surface area contributed by atoms with E-state index in [0.29, 0.717) is 10.6 Å². The molecule has 18 heavy (non-hydrogen) atoms. The van der Waals surface area contributed by atoms with Gasteiger partial charge in [0, 0.05) is 6.54 Å². The molecule has 1 fully saturated rings. The van der Waals surface area contributed by atoms with Crippen LogP contribution in [0.25, 0.3) is 0 Å². The van der Waals surface area contributed by atoms with Crippen LogP contribution < -0.4 is 5.32 Å². The van der Waals surface area contributed by atoms with Crippen molar-refractivity contribution in [1.82, 2.24) is 0 Å². The Morgan fingerprint density at radius 3 is 2.72 bits per heavy atom. The first-order valence-electron chi connectivity index (χ1n) is 6.73. The fraction of sp³-hybridized carbons (Fsp3) is 0.533. The highest BCUT2D eigenvalue weighted by molar-refractivity contribution is 6.33. The van der Waals surface area contributed by atoms with Crippen molar-refractivity contribution < 1.29 is 0 Å². The second kappa shape index (κ2) is 6.66. The van der Waals surface area contributed by atoms with Crippen LogP contribution in [0.2, 0.25) is 5.02 Å². The molecule has 1 aliphatic carbocycles. The zero-order valence-corrected chi connectivity index (χ0v) is 11.3. The van der Waals surface area contributed by atoms with Crippen LogP contribution >= 0.6 is 11.6 Å². The molecule has 0 radical (unpaired) electrons. The minimum atomic E-state index is 0.609. The molecule has 0 aromatic heterocycles. The molecule has 1 aromatic rings. The number of nitrogens with zero attached hydrogens (tertiary/aromatic N) is 1. The molecule has 0 heterocycles. The Kier molecular flexibility index (Phi) is 4.90. The van der Waals surface area contributed by atoms with E-state index in [2.05, 4.69) is 11.4 Å². The first-order valence-corrected chi connectivity index (χ1v) is 7.11. The second-order valence-corrected chi connectivity index (χ2v) is 5.43. The molecule has 0 bridgehead atoms. The average molecular weight is 263 g/mol. The largest absolute Gasteiger partial charge is 0.384 e. The molecule has 0 atom stereocenters. The van der Waals surface area contributed by atoms with Gasteiger partial charge >= 0.3 is 0 Å². The molecule has 0 unspecified atom stereocenters. The maximum atomic E-state index is 8.77. The summed E-state index contributed by atoms with van der Waals surface area (Å²) < 4.78 is 0. The van der Waals surface area contributed by atoms with Crippen LogP contribution in [0.15, 0.2) is 18.2 Å². The van der Waals surface area contributed by atoms with Crippen molar-refractivity contribution in [1.29, 1.82) is 5.26 Å². The molecule has 2 rings (SSSR count). The quantitative estimate of drug-likeness (QED) is 0.861. The Balaban J connectivity index is 1.81. The molecule has 0 saturated heterocycles. The number of nitrogens with one attached hydrogen (secondary N) is 1. The van der Waals surface area contributed by atoms with Crippen molar-refractivity contribution in [2.45, 2.75) is 38.5 Å². The topological polar surface area (TPSA) is 35.8 Å². The van der Waals surface area contributed by atoms with Gasteiger partial charge in [-0.25, -0.2) is 0 Å².